The van der Waals surface area contributed by atoms with Gasteiger partial charge in [-0.3, -0.25) is 9.59 Å². The van der Waals surface area contributed by atoms with E-state index in [2.05, 4.69) is 0 Å². The van der Waals surface area contributed by atoms with Gasteiger partial charge in [-0.15, -0.1) is 0 Å². The molecule has 0 saturated heterocycles. The minimum absolute atomic E-state index is 0.0782. The molecule has 0 aromatic heterocycles. The van der Waals surface area contributed by atoms with Crippen LogP contribution in [0.5, 0.6) is 0 Å². The summed E-state index contributed by atoms with van der Waals surface area (Å²) in [7, 11) is 1.70. The van der Waals surface area contributed by atoms with E-state index in [1.165, 1.54) is 30.0 Å². The van der Waals surface area contributed by atoms with Crippen LogP contribution >= 0.6 is 11.6 Å². The van der Waals surface area contributed by atoms with Crippen LogP contribution in [0.1, 0.15) is 26.7 Å². The molecule has 116 valence electrons. The lowest BCUT2D eigenvalue weighted by Crippen LogP contribution is -2.41. The van der Waals surface area contributed by atoms with Crippen LogP contribution in [0.4, 0.5) is 10.1 Å². The third-order valence-corrected chi connectivity index (χ3v) is 3.45. The second kappa shape index (κ2) is 7.98. The maximum Gasteiger partial charge on any atom is 0.242 e. The highest BCUT2D eigenvalue weighted by molar-refractivity contribution is 6.31. The molecule has 4 nitrogen and oxygen atoms in total. The van der Waals surface area contributed by atoms with Crippen molar-refractivity contribution in [2.45, 2.75) is 26.7 Å². The van der Waals surface area contributed by atoms with Crippen LogP contribution < -0.4 is 4.90 Å². The highest BCUT2D eigenvalue weighted by Gasteiger charge is 2.19. The van der Waals surface area contributed by atoms with Gasteiger partial charge in [-0.05, 0) is 24.6 Å². The number of halogens is 2. The molecule has 1 aromatic rings. The van der Waals surface area contributed by atoms with Crippen molar-refractivity contribution in [3.8, 4) is 0 Å². The smallest absolute Gasteiger partial charge is 0.242 e. The molecule has 0 aliphatic carbocycles. The zero-order chi connectivity index (χ0) is 16.0. The number of carbonyl (C=O) groups excluding carboxylic acids is 2. The molecule has 21 heavy (non-hydrogen) atoms. The minimum Gasteiger partial charge on any atom is -0.344 e. The molecular formula is C15H20ClFN2O2. The predicted octanol–water partition coefficient (Wildman–Crippen LogP) is 3.09. The van der Waals surface area contributed by atoms with Gasteiger partial charge in [0.15, 0.2) is 0 Å². The summed E-state index contributed by atoms with van der Waals surface area (Å²) in [5.74, 6) is -1.02. The lowest BCUT2D eigenvalue weighted by Gasteiger charge is -2.24. The van der Waals surface area contributed by atoms with Crippen molar-refractivity contribution in [1.29, 1.82) is 0 Å². The number of unbranched alkanes of at least 4 members (excludes halogenated alkanes) is 1. The molecule has 0 aliphatic rings. The largest absolute Gasteiger partial charge is 0.344 e. The number of hydrogen-bond donors (Lipinski definition) is 0. The Balaban J connectivity index is 2.85. The van der Waals surface area contributed by atoms with E-state index in [1.807, 2.05) is 6.92 Å². The summed E-state index contributed by atoms with van der Waals surface area (Å²) in [6.07, 6.45) is 1.90. The first-order valence-electron chi connectivity index (χ1n) is 6.84. The first-order chi connectivity index (χ1) is 9.86. The van der Waals surface area contributed by atoms with Crippen molar-refractivity contribution in [2.75, 3.05) is 25.0 Å². The van der Waals surface area contributed by atoms with Crippen molar-refractivity contribution in [1.82, 2.24) is 4.90 Å². The Morgan fingerprint density at radius 1 is 1.33 bits per heavy atom. The monoisotopic (exact) mass is 314 g/mol. The van der Waals surface area contributed by atoms with Gasteiger partial charge in [-0.25, -0.2) is 4.39 Å². The van der Waals surface area contributed by atoms with E-state index >= 15 is 0 Å². The lowest BCUT2D eigenvalue weighted by molar-refractivity contribution is -0.130. The fraction of sp³-hybridized carbons (Fsp3) is 0.467. The van der Waals surface area contributed by atoms with E-state index in [1.54, 1.807) is 11.9 Å². The molecule has 6 heteroatoms. The molecule has 0 bridgehead atoms. The van der Waals surface area contributed by atoms with Gasteiger partial charge in [-0.1, -0.05) is 24.9 Å². The molecule has 0 atom stereocenters. The van der Waals surface area contributed by atoms with Gasteiger partial charge in [-0.2, -0.15) is 0 Å². The Bertz CT molecular complexity index is 522. The van der Waals surface area contributed by atoms with Crippen LogP contribution in [0.3, 0.4) is 0 Å². The average molecular weight is 315 g/mol. The Morgan fingerprint density at radius 2 is 2.00 bits per heavy atom. The standard InChI is InChI=1S/C15H20ClFN2O2/c1-4-5-8-18(3)15(21)10-19(11(2)20)12-6-7-14(17)13(16)9-12/h6-7,9H,4-5,8,10H2,1-3H3. The number of hydrogen-bond acceptors (Lipinski definition) is 2. The summed E-state index contributed by atoms with van der Waals surface area (Å²) in [5.41, 5.74) is 0.408. The first kappa shape index (κ1) is 17.4. The van der Waals surface area contributed by atoms with Crippen LogP contribution in [-0.2, 0) is 9.59 Å². The number of likely N-dealkylation sites (N-methyl/N-ethyl adjacent to an activating group) is 1. The SMILES string of the molecule is CCCCN(C)C(=O)CN(C(C)=O)c1ccc(F)c(Cl)c1. The second-order valence-electron chi connectivity index (χ2n) is 4.87. The van der Waals surface area contributed by atoms with E-state index < -0.39 is 5.82 Å². The van der Waals surface area contributed by atoms with Gasteiger partial charge in [0.2, 0.25) is 11.8 Å². The van der Waals surface area contributed by atoms with Crippen LogP contribution in [0.15, 0.2) is 18.2 Å². The van der Waals surface area contributed by atoms with E-state index in [-0.39, 0.29) is 23.4 Å². The summed E-state index contributed by atoms with van der Waals surface area (Å²) >= 11 is 5.72. The number of nitrogens with zero attached hydrogens (tertiary/aromatic N) is 2. The summed E-state index contributed by atoms with van der Waals surface area (Å²) in [5, 5.41) is -0.0782. The van der Waals surface area contributed by atoms with E-state index in [0.717, 1.165) is 12.8 Å². The van der Waals surface area contributed by atoms with Crippen LogP contribution in [0.25, 0.3) is 0 Å². The molecular weight excluding hydrogens is 295 g/mol. The van der Waals surface area contributed by atoms with Crippen molar-refractivity contribution in [3.63, 3.8) is 0 Å². The summed E-state index contributed by atoms with van der Waals surface area (Å²) in [6.45, 7) is 3.96. The van der Waals surface area contributed by atoms with Crippen LogP contribution in [0, 0.1) is 5.82 Å². The molecule has 0 spiro atoms. The maximum absolute atomic E-state index is 13.2. The van der Waals surface area contributed by atoms with Gasteiger partial charge in [0.25, 0.3) is 0 Å². The molecule has 1 aromatic carbocycles. The highest BCUT2D eigenvalue weighted by Crippen LogP contribution is 2.22. The first-order valence-corrected chi connectivity index (χ1v) is 7.21. The van der Waals surface area contributed by atoms with E-state index in [0.29, 0.717) is 12.2 Å². The zero-order valence-corrected chi connectivity index (χ0v) is 13.3. The van der Waals surface area contributed by atoms with E-state index in [4.69, 9.17) is 11.6 Å². The van der Waals surface area contributed by atoms with Crippen LogP contribution in [-0.4, -0.2) is 36.9 Å². The summed E-state index contributed by atoms with van der Waals surface area (Å²) in [6, 6.07) is 3.96. The van der Waals surface area contributed by atoms with Crippen molar-refractivity contribution in [3.05, 3.63) is 29.0 Å². The fourth-order valence-corrected chi connectivity index (χ4v) is 1.99. The molecule has 0 saturated carbocycles. The van der Waals surface area contributed by atoms with Gasteiger partial charge in [0.1, 0.15) is 12.4 Å². The average Bonchev–Trinajstić information content (AvgIpc) is 2.44. The quantitative estimate of drug-likeness (QED) is 0.809. The molecule has 0 fully saturated rings. The molecule has 0 unspecified atom stereocenters. The summed E-state index contributed by atoms with van der Waals surface area (Å²) in [4.78, 5) is 26.7. The fourth-order valence-electron chi connectivity index (χ4n) is 1.81. The van der Waals surface area contributed by atoms with Crippen LogP contribution in [0.2, 0.25) is 5.02 Å². The Kier molecular flexibility index (Phi) is 6.62. The third kappa shape index (κ3) is 5.01. The zero-order valence-electron chi connectivity index (χ0n) is 12.5. The number of rotatable bonds is 6. The minimum atomic E-state index is -0.560. The number of benzene rings is 1. The van der Waals surface area contributed by atoms with Crippen molar-refractivity contribution < 1.29 is 14.0 Å². The second-order valence-corrected chi connectivity index (χ2v) is 5.28. The maximum atomic E-state index is 13.2. The molecule has 1 rings (SSSR count). The lowest BCUT2D eigenvalue weighted by atomic mass is 10.2. The number of carbonyl (C=O) groups is 2. The molecule has 0 N–H and O–H groups in total. The number of amides is 2. The normalized spacial score (nSPS) is 10.3. The Morgan fingerprint density at radius 3 is 2.52 bits per heavy atom. The predicted molar refractivity (Wildman–Crippen MR) is 82.0 cm³/mol. The van der Waals surface area contributed by atoms with Crippen molar-refractivity contribution in [2.24, 2.45) is 0 Å². The number of anilines is 1. The van der Waals surface area contributed by atoms with Gasteiger partial charge in [0, 0.05) is 26.2 Å². The summed E-state index contributed by atoms with van der Waals surface area (Å²) < 4.78 is 13.2. The molecule has 0 radical (unpaired) electrons. The van der Waals surface area contributed by atoms with Gasteiger partial charge in [0.05, 0.1) is 5.02 Å². The molecule has 0 aliphatic heterocycles. The van der Waals surface area contributed by atoms with Crippen molar-refractivity contribution >= 4 is 29.1 Å². The Hall–Kier alpha value is -1.62. The molecule has 0 heterocycles. The third-order valence-electron chi connectivity index (χ3n) is 3.16. The molecule has 2 amide bonds. The van der Waals surface area contributed by atoms with Gasteiger partial charge >= 0.3 is 0 Å². The highest BCUT2D eigenvalue weighted by atomic mass is 35.5. The van der Waals surface area contributed by atoms with Gasteiger partial charge < -0.3 is 9.80 Å². The Labute approximate surface area is 129 Å². The topological polar surface area (TPSA) is 40.6 Å². The van der Waals surface area contributed by atoms with E-state index in [9.17, 15) is 14.0 Å².